The molecule has 2 heteroatoms. The minimum absolute atomic E-state index is 0.769. The van der Waals surface area contributed by atoms with E-state index in [1.54, 1.807) is 0 Å². The molecule has 0 N–H and O–H groups in total. The summed E-state index contributed by atoms with van der Waals surface area (Å²) in [6.45, 7) is 4.49. The predicted octanol–water partition coefficient (Wildman–Crippen LogP) is 1.76. The molecule has 1 aromatic rings. The molecule has 0 aliphatic carbocycles. The first-order valence-electron chi connectivity index (χ1n) is 4.22. The highest BCUT2D eigenvalue weighted by Gasteiger charge is 1.96. The minimum atomic E-state index is 0.769. The van der Waals surface area contributed by atoms with Crippen LogP contribution in [0.5, 0.6) is 5.75 Å². The smallest absolute Gasteiger partial charge is 0.126 e. The molecule has 0 unspecified atom stereocenters. The predicted molar refractivity (Wildman–Crippen MR) is 55.4 cm³/mol. The van der Waals surface area contributed by atoms with Gasteiger partial charge in [-0.05, 0) is 12.4 Å². The van der Waals surface area contributed by atoms with Crippen LogP contribution in [0.2, 0.25) is 6.32 Å². The maximum absolute atomic E-state index is 5.51. The first-order chi connectivity index (χ1) is 5.88. The second-order valence-corrected chi connectivity index (χ2v) is 2.59. The lowest BCUT2D eigenvalue weighted by molar-refractivity contribution is 0.339. The highest BCUT2D eigenvalue weighted by Crippen LogP contribution is 2.18. The zero-order valence-electron chi connectivity index (χ0n) is 7.42. The van der Waals surface area contributed by atoms with Crippen LogP contribution in [0.15, 0.2) is 30.8 Å². The Bertz CT molecular complexity index is 258. The fourth-order valence-electron chi connectivity index (χ4n) is 0.993. The zero-order valence-corrected chi connectivity index (χ0v) is 7.42. The average molecular weight is 160 g/mol. The van der Waals surface area contributed by atoms with Crippen molar-refractivity contribution in [3.8, 4) is 5.75 Å². The second-order valence-electron chi connectivity index (χ2n) is 2.59. The largest absolute Gasteiger partial charge is 0.494 e. The summed E-state index contributed by atoms with van der Waals surface area (Å²) in [5.74, 6) is 0.925. The molecule has 0 spiro atoms. The molecular weight excluding hydrogens is 147 g/mol. The van der Waals surface area contributed by atoms with Gasteiger partial charge in [0.25, 0.3) is 0 Å². The summed E-state index contributed by atoms with van der Waals surface area (Å²) >= 11 is 0. The molecule has 0 atom stereocenters. The van der Waals surface area contributed by atoms with E-state index in [1.165, 1.54) is 0 Å². The number of ether oxygens (including phenoxy) is 1. The van der Waals surface area contributed by atoms with Crippen LogP contribution in [0.25, 0.3) is 6.08 Å². The quantitative estimate of drug-likeness (QED) is 0.609. The molecule has 0 amide bonds. The Morgan fingerprint density at radius 1 is 1.42 bits per heavy atom. The van der Waals surface area contributed by atoms with E-state index in [-0.39, 0.29) is 0 Å². The molecule has 0 saturated carbocycles. The van der Waals surface area contributed by atoms with Crippen molar-refractivity contribution in [1.82, 2.24) is 0 Å². The van der Waals surface area contributed by atoms with E-state index < -0.39 is 0 Å². The van der Waals surface area contributed by atoms with Crippen molar-refractivity contribution in [1.29, 1.82) is 0 Å². The van der Waals surface area contributed by atoms with Gasteiger partial charge < -0.3 is 4.74 Å². The molecule has 0 fully saturated rings. The van der Waals surface area contributed by atoms with Crippen LogP contribution in [0.1, 0.15) is 5.56 Å². The first-order valence-corrected chi connectivity index (χ1v) is 4.22. The van der Waals surface area contributed by atoms with E-state index in [2.05, 4.69) is 14.4 Å². The topological polar surface area (TPSA) is 9.23 Å². The highest BCUT2D eigenvalue weighted by atomic mass is 16.5. The van der Waals surface area contributed by atoms with Crippen molar-refractivity contribution in [3.05, 3.63) is 36.4 Å². The average Bonchev–Trinajstić information content (AvgIpc) is 2.15. The highest BCUT2D eigenvalue weighted by molar-refractivity contribution is 6.08. The lowest BCUT2D eigenvalue weighted by atomic mass is 10.1. The third-order valence-corrected chi connectivity index (χ3v) is 1.60. The normalized spacial score (nSPS) is 9.33. The van der Waals surface area contributed by atoms with Crippen molar-refractivity contribution >= 4 is 13.9 Å². The Balaban J connectivity index is 2.75. The van der Waals surface area contributed by atoms with Crippen LogP contribution >= 0.6 is 0 Å². The number of rotatable bonds is 4. The molecule has 0 aromatic heterocycles. The Labute approximate surface area is 74.5 Å². The van der Waals surface area contributed by atoms with E-state index in [0.717, 1.165) is 24.2 Å². The Morgan fingerprint density at radius 2 is 2.17 bits per heavy atom. The van der Waals surface area contributed by atoms with Gasteiger partial charge in [-0.2, -0.15) is 0 Å². The van der Waals surface area contributed by atoms with Gasteiger partial charge >= 0.3 is 0 Å². The lowest BCUT2D eigenvalue weighted by Gasteiger charge is -2.06. The van der Waals surface area contributed by atoms with Crippen LogP contribution < -0.4 is 4.74 Å². The van der Waals surface area contributed by atoms with E-state index in [9.17, 15) is 0 Å². The Morgan fingerprint density at radius 3 is 2.83 bits per heavy atom. The number of benzene rings is 1. The van der Waals surface area contributed by atoms with Gasteiger partial charge in [0.15, 0.2) is 0 Å². The van der Waals surface area contributed by atoms with Gasteiger partial charge in [0.2, 0.25) is 0 Å². The van der Waals surface area contributed by atoms with Crippen molar-refractivity contribution in [3.63, 3.8) is 0 Å². The van der Waals surface area contributed by atoms with Crippen LogP contribution in [-0.4, -0.2) is 14.5 Å². The van der Waals surface area contributed by atoms with Gasteiger partial charge in [0.1, 0.15) is 13.6 Å². The minimum Gasteiger partial charge on any atom is -0.494 e. The van der Waals surface area contributed by atoms with Crippen molar-refractivity contribution in [2.24, 2.45) is 0 Å². The van der Waals surface area contributed by atoms with Crippen molar-refractivity contribution < 1.29 is 4.74 Å². The fraction of sp³-hybridized carbons (Fsp3) is 0.200. The third-order valence-electron chi connectivity index (χ3n) is 1.60. The van der Waals surface area contributed by atoms with Gasteiger partial charge in [-0.15, -0.1) is 0 Å². The molecular formula is C10H13BO. The summed E-state index contributed by atoms with van der Waals surface area (Å²) in [7, 11) is 2.09. The molecule has 1 rings (SSSR count). The van der Waals surface area contributed by atoms with Gasteiger partial charge in [-0.1, -0.05) is 30.9 Å². The molecule has 1 nitrogen and oxygen atoms in total. The molecule has 0 bridgehead atoms. The molecule has 0 heterocycles. The van der Waals surface area contributed by atoms with Crippen LogP contribution in [0.4, 0.5) is 0 Å². The number of hydrogen-bond donors (Lipinski definition) is 0. The van der Waals surface area contributed by atoms with Gasteiger partial charge in [0, 0.05) is 5.56 Å². The molecule has 0 aliphatic rings. The summed E-state index contributed by atoms with van der Waals surface area (Å²) in [6.07, 6.45) is 2.84. The van der Waals surface area contributed by atoms with E-state index >= 15 is 0 Å². The number of para-hydroxylation sites is 1. The SMILES string of the molecule is BCCOc1ccccc1C=C. The summed E-state index contributed by atoms with van der Waals surface area (Å²) in [5, 5.41) is 0. The van der Waals surface area contributed by atoms with E-state index in [4.69, 9.17) is 4.74 Å². The first kappa shape index (κ1) is 8.92. The maximum Gasteiger partial charge on any atom is 0.126 e. The summed E-state index contributed by atoms with van der Waals surface area (Å²) in [6, 6.07) is 7.92. The van der Waals surface area contributed by atoms with Crippen LogP contribution in [0.3, 0.4) is 0 Å². The van der Waals surface area contributed by atoms with Gasteiger partial charge in [0.05, 0.1) is 6.61 Å². The Kier molecular flexibility index (Phi) is 3.46. The second kappa shape index (κ2) is 4.65. The summed E-state index contributed by atoms with van der Waals surface area (Å²) in [4.78, 5) is 0. The molecule has 0 radical (unpaired) electrons. The van der Waals surface area contributed by atoms with Gasteiger partial charge in [-0.3, -0.25) is 0 Å². The third kappa shape index (κ3) is 2.16. The fourth-order valence-corrected chi connectivity index (χ4v) is 0.993. The number of hydrogen-bond acceptors (Lipinski definition) is 1. The Hall–Kier alpha value is -1.18. The monoisotopic (exact) mass is 160 g/mol. The van der Waals surface area contributed by atoms with Crippen LogP contribution in [0, 0.1) is 0 Å². The van der Waals surface area contributed by atoms with E-state index in [1.807, 2.05) is 30.3 Å². The molecule has 0 saturated heterocycles. The molecule has 0 aliphatic heterocycles. The van der Waals surface area contributed by atoms with Gasteiger partial charge in [-0.25, -0.2) is 0 Å². The van der Waals surface area contributed by atoms with E-state index in [0.29, 0.717) is 0 Å². The van der Waals surface area contributed by atoms with Crippen LogP contribution in [-0.2, 0) is 0 Å². The molecule has 62 valence electrons. The summed E-state index contributed by atoms with van der Waals surface area (Å²) in [5.41, 5.74) is 1.06. The van der Waals surface area contributed by atoms with Crippen molar-refractivity contribution in [2.45, 2.75) is 6.32 Å². The van der Waals surface area contributed by atoms with Crippen molar-refractivity contribution in [2.75, 3.05) is 6.61 Å². The molecule has 12 heavy (non-hydrogen) atoms. The zero-order chi connectivity index (χ0) is 8.81. The summed E-state index contributed by atoms with van der Waals surface area (Å²) < 4.78 is 5.51. The maximum atomic E-state index is 5.51. The lowest BCUT2D eigenvalue weighted by Crippen LogP contribution is -1.96. The molecule has 1 aromatic carbocycles. The standard InChI is InChI=1S/C10H13BO/c1-2-9-5-3-4-6-10(9)12-8-7-11/h2-6H,1,7-8,11H2.